The largest absolute Gasteiger partial charge is 0.465 e. The van der Waals surface area contributed by atoms with Crippen LogP contribution in [0.25, 0.3) is 6.08 Å². The lowest BCUT2D eigenvalue weighted by Gasteiger charge is -2.14. The monoisotopic (exact) mass is 289 g/mol. The standard InChI is InChI=1S/C16H16FNO3/c1-4-18-10(2)14(16(20)21-3)13(15(18)19)9-11-5-7-12(17)8-6-11/h5-9H,4H2,1-3H3. The lowest BCUT2D eigenvalue weighted by atomic mass is 10.0. The average molecular weight is 289 g/mol. The number of halogens is 1. The first kappa shape index (κ1) is 15.0. The summed E-state index contributed by atoms with van der Waals surface area (Å²) in [5.41, 5.74) is 1.75. The predicted octanol–water partition coefficient (Wildman–Crippen LogP) is 2.52. The minimum atomic E-state index is -0.551. The third kappa shape index (κ3) is 2.72. The van der Waals surface area contributed by atoms with Crippen molar-refractivity contribution in [2.45, 2.75) is 13.8 Å². The van der Waals surface area contributed by atoms with E-state index in [2.05, 4.69) is 0 Å². The van der Waals surface area contributed by atoms with Crippen LogP contribution in [0.3, 0.4) is 0 Å². The molecule has 0 saturated heterocycles. The molecular weight excluding hydrogens is 273 g/mol. The number of amides is 1. The Morgan fingerprint density at radius 3 is 2.48 bits per heavy atom. The molecule has 0 N–H and O–H groups in total. The van der Waals surface area contributed by atoms with Gasteiger partial charge < -0.3 is 9.64 Å². The Morgan fingerprint density at radius 1 is 1.33 bits per heavy atom. The minimum absolute atomic E-state index is 0.250. The normalized spacial score (nSPS) is 16.9. The fourth-order valence-corrected chi connectivity index (χ4v) is 2.33. The maximum atomic E-state index is 12.9. The van der Waals surface area contributed by atoms with Gasteiger partial charge in [-0.15, -0.1) is 0 Å². The van der Waals surface area contributed by atoms with Gasteiger partial charge in [-0.3, -0.25) is 4.79 Å². The van der Waals surface area contributed by atoms with E-state index in [0.29, 0.717) is 17.8 Å². The first-order valence-electron chi connectivity index (χ1n) is 6.58. The van der Waals surface area contributed by atoms with Crippen molar-refractivity contribution in [1.82, 2.24) is 4.90 Å². The van der Waals surface area contributed by atoms with E-state index < -0.39 is 5.97 Å². The highest BCUT2D eigenvalue weighted by Gasteiger charge is 2.35. The highest BCUT2D eigenvalue weighted by atomic mass is 19.1. The number of esters is 1. The zero-order chi connectivity index (χ0) is 15.6. The van der Waals surface area contributed by atoms with Crippen molar-refractivity contribution in [3.8, 4) is 0 Å². The molecule has 1 amide bonds. The summed E-state index contributed by atoms with van der Waals surface area (Å²) in [6.07, 6.45) is 1.58. The second-order valence-electron chi connectivity index (χ2n) is 4.61. The number of hydrogen-bond acceptors (Lipinski definition) is 3. The zero-order valence-electron chi connectivity index (χ0n) is 12.1. The highest BCUT2D eigenvalue weighted by molar-refractivity contribution is 6.16. The summed E-state index contributed by atoms with van der Waals surface area (Å²) in [6.45, 7) is 4.00. The van der Waals surface area contributed by atoms with Gasteiger partial charge in [-0.1, -0.05) is 12.1 Å². The molecule has 0 aliphatic carbocycles. The summed E-state index contributed by atoms with van der Waals surface area (Å²) in [6, 6.07) is 5.71. The molecular formula is C16H16FNO3. The lowest BCUT2D eigenvalue weighted by molar-refractivity contribution is -0.136. The van der Waals surface area contributed by atoms with Crippen LogP contribution in [0.15, 0.2) is 41.1 Å². The van der Waals surface area contributed by atoms with Crippen molar-refractivity contribution in [1.29, 1.82) is 0 Å². The summed E-state index contributed by atoms with van der Waals surface area (Å²) in [7, 11) is 1.28. The maximum absolute atomic E-state index is 12.9. The van der Waals surface area contributed by atoms with Gasteiger partial charge in [0.1, 0.15) is 5.82 Å². The van der Waals surface area contributed by atoms with Crippen LogP contribution in [0.2, 0.25) is 0 Å². The molecule has 0 bridgehead atoms. The van der Waals surface area contributed by atoms with E-state index in [1.165, 1.54) is 24.1 Å². The van der Waals surface area contributed by atoms with Crippen LogP contribution in [0.4, 0.5) is 4.39 Å². The maximum Gasteiger partial charge on any atom is 0.340 e. The van der Waals surface area contributed by atoms with Gasteiger partial charge in [0, 0.05) is 12.2 Å². The number of benzene rings is 1. The van der Waals surface area contributed by atoms with Gasteiger partial charge in [0.05, 0.1) is 18.3 Å². The molecule has 1 aliphatic heterocycles. The Bertz CT molecular complexity index is 644. The van der Waals surface area contributed by atoms with Gasteiger partial charge in [0.2, 0.25) is 0 Å². The van der Waals surface area contributed by atoms with Gasteiger partial charge in [0.25, 0.3) is 5.91 Å². The summed E-state index contributed by atoms with van der Waals surface area (Å²) in [4.78, 5) is 25.8. The molecule has 0 saturated carbocycles. The van der Waals surface area contributed by atoms with Crippen LogP contribution in [-0.4, -0.2) is 30.4 Å². The van der Waals surface area contributed by atoms with Crippen molar-refractivity contribution < 1.29 is 18.7 Å². The molecule has 1 aliphatic rings. The molecule has 2 rings (SSSR count). The molecule has 1 heterocycles. The van der Waals surface area contributed by atoms with Crippen LogP contribution < -0.4 is 0 Å². The molecule has 4 nitrogen and oxygen atoms in total. The quantitative estimate of drug-likeness (QED) is 0.634. The van der Waals surface area contributed by atoms with Crippen molar-refractivity contribution in [3.05, 3.63) is 52.5 Å². The summed E-state index contributed by atoms with van der Waals surface area (Å²) < 4.78 is 17.7. The summed E-state index contributed by atoms with van der Waals surface area (Å²) >= 11 is 0. The van der Waals surface area contributed by atoms with Crippen LogP contribution >= 0.6 is 0 Å². The number of carbonyl (C=O) groups excluding carboxylic acids is 2. The third-order valence-corrected chi connectivity index (χ3v) is 3.40. The SMILES string of the molecule is CCN1C(=O)C(=Cc2ccc(F)cc2)C(C(=O)OC)=C1C. The van der Waals surface area contributed by atoms with E-state index >= 15 is 0 Å². The molecule has 0 unspecified atom stereocenters. The Kier molecular flexibility index (Phi) is 4.21. The number of allylic oxidation sites excluding steroid dienone is 1. The number of nitrogens with zero attached hydrogens (tertiary/aromatic N) is 1. The highest BCUT2D eigenvalue weighted by Crippen LogP contribution is 2.31. The molecule has 5 heteroatoms. The van der Waals surface area contributed by atoms with Crippen molar-refractivity contribution in [2.24, 2.45) is 0 Å². The smallest absolute Gasteiger partial charge is 0.340 e. The zero-order valence-corrected chi connectivity index (χ0v) is 12.1. The van der Waals surface area contributed by atoms with Gasteiger partial charge in [0.15, 0.2) is 0 Å². The van der Waals surface area contributed by atoms with Gasteiger partial charge in [-0.2, -0.15) is 0 Å². The molecule has 0 aromatic heterocycles. The molecule has 0 radical (unpaired) electrons. The van der Waals surface area contributed by atoms with Crippen LogP contribution in [-0.2, 0) is 14.3 Å². The fourth-order valence-electron chi connectivity index (χ4n) is 2.33. The fraction of sp³-hybridized carbons (Fsp3) is 0.250. The minimum Gasteiger partial charge on any atom is -0.465 e. The summed E-state index contributed by atoms with van der Waals surface area (Å²) in [5, 5.41) is 0. The third-order valence-electron chi connectivity index (χ3n) is 3.40. The molecule has 1 aromatic rings. The van der Waals surface area contributed by atoms with E-state index in [1.807, 2.05) is 6.92 Å². The van der Waals surface area contributed by atoms with Gasteiger partial charge in [-0.05, 0) is 37.6 Å². The first-order valence-corrected chi connectivity index (χ1v) is 6.58. The Balaban J connectivity index is 2.52. The molecule has 0 atom stereocenters. The number of ether oxygens (including phenoxy) is 1. The molecule has 0 fully saturated rings. The van der Waals surface area contributed by atoms with Crippen LogP contribution in [0, 0.1) is 5.82 Å². The van der Waals surface area contributed by atoms with Crippen molar-refractivity contribution in [3.63, 3.8) is 0 Å². The van der Waals surface area contributed by atoms with E-state index in [9.17, 15) is 14.0 Å². The Morgan fingerprint density at radius 2 is 1.95 bits per heavy atom. The van der Waals surface area contributed by atoms with Crippen molar-refractivity contribution in [2.75, 3.05) is 13.7 Å². The van der Waals surface area contributed by atoms with Crippen LogP contribution in [0.5, 0.6) is 0 Å². The molecule has 110 valence electrons. The number of hydrogen-bond donors (Lipinski definition) is 0. The van der Waals surface area contributed by atoms with E-state index in [0.717, 1.165) is 0 Å². The summed E-state index contributed by atoms with van der Waals surface area (Å²) in [5.74, 6) is -1.16. The second kappa shape index (κ2) is 5.91. The number of methoxy groups -OCH3 is 1. The average Bonchev–Trinajstić information content (AvgIpc) is 2.71. The van der Waals surface area contributed by atoms with Gasteiger partial charge in [-0.25, -0.2) is 9.18 Å². The van der Waals surface area contributed by atoms with Gasteiger partial charge >= 0.3 is 5.97 Å². The van der Waals surface area contributed by atoms with E-state index in [-0.39, 0.29) is 22.9 Å². The molecule has 21 heavy (non-hydrogen) atoms. The van der Waals surface area contributed by atoms with E-state index in [1.54, 1.807) is 25.1 Å². The second-order valence-corrected chi connectivity index (χ2v) is 4.61. The van der Waals surface area contributed by atoms with E-state index in [4.69, 9.17) is 4.74 Å². The predicted molar refractivity (Wildman–Crippen MR) is 76.5 cm³/mol. The Labute approximate surface area is 122 Å². The molecule has 1 aromatic carbocycles. The van der Waals surface area contributed by atoms with Crippen LogP contribution in [0.1, 0.15) is 19.4 Å². The molecule has 0 spiro atoms. The Hall–Kier alpha value is -2.43. The first-order chi connectivity index (χ1) is 9.99. The topological polar surface area (TPSA) is 46.6 Å². The lowest BCUT2D eigenvalue weighted by Crippen LogP contribution is -2.24. The van der Waals surface area contributed by atoms with Crippen molar-refractivity contribution >= 4 is 18.0 Å². The number of carbonyl (C=O) groups is 2. The number of rotatable bonds is 3. The number of likely N-dealkylation sites (N-methyl/N-ethyl adjacent to an activating group) is 1.